The number of aromatic nitrogens is 3. The highest BCUT2D eigenvalue weighted by atomic mass is 32.1. The van der Waals surface area contributed by atoms with Crippen LogP contribution in [0.4, 0.5) is 13.2 Å². The van der Waals surface area contributed by atoms with Crippen molar-refractivity contribution in [3.63, 3.8) is 0 Å². The molecule has 7 nitrogen and oxygen atoms in total. The van der Waals surface area contributed by atoms with Crippen LogP contribution in [0.2, 0.25) is 0 Å². The Labute approximate surface area is 212 Å². The molecule has 1 fully saturated rings. The van der Waals surface area contributed by atoms with Crippen molar-refractivity contribution in [3.05, 3.63) is 62.7 Å². The maximum Gasteiger partial charge on any atom is 0.416 e. The van der Waals surface area contributed by atoms with Gasteiger partial charge in [-0.25, -0.2) is 9.97 Å². The molecule has 0 unspecified atom stereocenters. The van der Waals surface area contributed by atoms with Crippen molar-refractivity contribution in [1.82, 2.24) is 24.6 Å². The minimum atomic E-state index is -4.44. The molecule has 1 aromatic carbocycles. The zero-order chi connectivity index (χ0) is 25.6. The number of rotatable bonds is 5. The van der Waals surface area contributed by atoms with E-state index in [0.717, 1.165) is 29.9 Å². The van der Waals surface area contributed by atoms with Gasteiger partial charge in [-0.2, -0.15) is 13.2 Å². The Balaban J connectivity index is 1.33. The number of hydrogen-bond donors (Lipinski definition) is 1. The Morgan fingerprint density at radius 2 is 1.92 bits per heavy atom. The molecule has 1 saturated heterocycles. The molecule has 0 radical (unpaired) electrons. The fourth-order valence-electron chi connectivity index (χ4n) is 4.49. The highest BCUT2D eigenvalue weighted by molar-refractivity contribution is 7.15. The van der Waals surface area contributed by atoms with Crippen molar-refractivity contribution in [1.29, 1.82) is 0 Å². The molecule has 3 aromatic heterocycles. The summed E-state index contributed by atoms with van der Waals surface area (Å²) < 4.78 is 40.7. The van der Waals surface area contributed by atoms with Crippen LogP contribution in [0.25, 0.3) is 16.2 Å². The molecule has 0 bridgehead atoms. The van der Waals surface area contributed by atoms with E-state index in [1.54, 1.807) is 29.3 Å². The average Bonchev–Trinajstić information content (AvgIpc) is 3.60. The summed E-state index contributed by atoms with van der Waals surface area (Å²) >= 11 is 2.67. The molecule has 4 aromatic rings. The second-order valence-electron chi connectivity index (χ2n) is 8.59. The van der Waals surface area contributed by atoms with Gasteiger partial charge in [-0.15, -0.1) is 22.7 Å². The van der Waals surface area contributed by atoms with Crippen LogP contribution in [0.15, 0.2) is 35.8 Å². The number of amides is 2. The fourth-order valence-corrected chi connectivity index (χ4v) is 6.15. The maximum atomic E-state index is 13.5. The number of alkyl halides is 3. The number of thiazole rings is 2. The van der Waals surface area contributed by atoms with Crippen molar-refractivity contribution in [3.8, 4) is 11.3 Å². The first-order valence-electron chi connectivity index (χ1n) is 11.3. The highest BCUT2D eigenvalue weighted by Gasteiger charge is 2.34. The fraction of sp³-hybridized carbons (Fsp3) is 0.333. The molecule has 12 heteroatoms. The Morgan fingerprint density at radius 1 is 1.17 bits per heavy atom. The summed E-state index contributed by atoms with van der Waals surface area (Å²) in [5, 5.41) is 5.46. The van der Waals surface area contributed by atoms with E-state index >= 15 is 0 Å². The van der Waals surface area contributed by atoms with Crippen LogP contribution in [-0.4, -0.2) is 50.2 Å². The number of fused-ring (bicyclic) bond motifs is 1. The molecule has 4 heterocycles. The third-order valence-corrected chi connectivity index (χ3v) is 7.92. The summed E-state index contributed by atoms with van der Waals surface area (Å²) in [6.07, 6.45) is -1.11. The summed E-state index contributed by atoms with van der Waals surface area (Å²) in [6.45, 7) is 4.36. The summed E-state index contributed by atoms with van der Waals surface area (Å²) in [7, 11) is 0. The number of nitrogens with one attached hydrogen (secondary N) is 1. The Hall–Kier alpha value is -3.25. The molecule has 1 atom stereocenters. The summed E-state index contributed by atoms with van der Waals surface area (Å²) in [4.78, 5) is 38.2. The van der Waals surface area contributed by atoms with Crippen LogP contribution in [0.3, 0.4) is 0 Å². The van der Waals surface area contributed by atoms with Gasteiger partial charge in [-0.3, -0.25) is 14.0 Å². The van der Waals surface area contributed by atoms with Gasteiger partial charge in [0.2, 0.25) is 0 Å². The number of carbonyl (C=O) groups is 2. The van der Waals surface area contributed by atoms with E-state index in [2.05, 4.69) is 15.3 Å². The molecule has 1 aliphatic rings. The quantitative estimate of drug-likeness (QED) is 0.383. The van der Waals surface area contributed by atoms with Crippen LogP contribution < -0.4 is 5.32 Å². The lowest BCUT2D eigenvalue weighted by atomic mass is 10.1. The van der Waals surface area contributed by atoms with Gasteiger partial charge in [-0.05, 0) is 38.8 Å². The average molecular weight is 534 g/mol. The lowest BCUT2D eigenvalue weighted by molar-refractivity contribution is -0.137. The first kappa shape index (κ1) is 24.4. The van der Waals surface area contributed by atoms with Gasteiger partial charge in [0.05, 0.1) is 22.0 Å². The first-order valence-corrected chi connectivity index (χ1v) is 13.0. The number of hydrogen-bond acceptors (Lipinski definition) is 6. The van der Waals surface area contributed by atoms with Crippen molar-refractivity contribution in [2.75, 3.05) is 13.1 Å². The highest BCUT2D eigenvalue weighted by Crippen LogP contribution is 2.34. The van der Waals surface area contributed by atoms with Gasteiger partial charge < -0.3 is 10.2 Å². The van der Waals surface area contributed by atoms with E-state index in [1.807, 2.05) is 5.38 Å². The van der Waals surface area contributed by atoms with Crippen molar-refractivity contribution in [2.45, 2.75) is 38.9 Å². The SMILES string of the molecule is Cc1nc(-c2ccc(C(F)(F)F)cc2)c(C(=O)N2CCC[C@H]2CNC(=O)c2c(C)nc3sccn23)s1. The molecule has 36 heavy (non-hydrogen) atoms. The molecular weight excluding hydrogens is 511 g/mol. The molecule has 0 aliphatic carbocycles. The minimum absolute atomic E-state index is 0.199. The molecule has 1 N–H and O–H groups in total. The van der Waals surface area contributed by atoms with Gasteiger partial charge in [0.1, 0.15) is 10.6 Å². The van der Waals surface area contributed by atoms with E-state index in [9.17, 15) is 22.8 Å². The van der Waals surface area contributed by atoms with Gasteiger partial charge >= 0.3 is 6.18 Å². The molecule has 5 rings (SSSR count). The number of aryl methyl sites for hydroxylation is 2. The third-order valence-electron chi connectivity index (χ3n) is 6.20. The Kier molecular flexibility index (Phi) is 6.33. The molecule has 2 amide bonds. The number of benzene rings is 1. The van der Waals surface area contributed by atoms with E-state index in [0.29, 0.717) is 39.1 Å². The third kappa shape index (κ3) is 4.50. The zero-order valence-electron chi connectivity index (χ0n) is 19.4. The zero-order valence-corrected chi connectivity index (χ0v) is 21.1. The van der Waals surface area contributed by atoms with Gasteiger partial charge in [0, 0.05) is 36.3 Å². The largest absolute Gasteiger partial charge is 0.416 e. The lowest BCUT2D eigenvalue weighted by Gasteiger charge is -2.25. The minimum Gasteiger partial charge on any atom is -0.349 e. The van der Waals surface area contributed by atoms with E-state index < -0.39 is 11.7 Å². The smallest absolute Gasteiger partial charge is 0.349 e. The van der Waals surface area contributed by atoms with Crippen LogP contribution in [-0.2, 0) is 6.18 Å². The second-order valence-corrected chi connectivity index (χ2v) is 10.7. The topological polar surface area (TPSA) is 79.6 Å². The van der Waals surface area contributed by atoms with Gasteiger partial charge in [0.15, 0.2) is 4.96 Å². The number of likely N-dealkylation sites (tertiary alicyclic amines) is 1. The van der Waals surface area contributed by atoms with Crippen molar-refractivity contribution in [2.24, 2.45) is 0 Å². The molecule has 0 spiro atoms. The number of nitrogens with zero attached hydrogens (tertiary/aromatic N) is 4. The summed E-state index contributed by atoms with van der Waals surface area (Å²) in [5.74, 6) is -0.482. The predicted molar refractivity (Wildman–Crippen MR) is 131 cm³/mol. The number of imidazole rings is 1. The monoisotopic (exact) mass is 533 g/mol. The van der Waals surface area contributed by atoms with Crippen molar-refractivity contribution < 1.29 is 22.8 Å². The van der Waals surface area contributed by atoms with E-state index in [-0.39, 0.29) is 24.4 Å². The van der Waals surface area contributed by atoms with Crippen LogP contribution in [0, 0.1) is 13.8 Å². The summed E-state index contributed by atoms with van der Waals surface area (Å²) in [5.41, 5.74) is 1.19. The van der Waals surface area contributed by atoms with Crippen LogP contribution >= 0.6 is 22.7 Å². The second kappa shape index (κ2) is 9.32. The number of carbonyl (C=O) groups excluding carboxylic acids is 2. The summed E-state index contributed by atoms with van der Waals surface area (Å²) in [6, 6.07) is 4.48. The number of halogens is 3. The lowest BCUT2D eigenvalue weighted by Crippen LogP contribution is -2.43. The maximum absolute atomic E-state index is 13.5. The Bertz CT molecular complexity index is 1440. The molecule has 1 aliphatic heterocycles. The molecule has 0 saturated carbocycles. The Morgan fingerprint density at radius 3 is 2.64 bits per heavy atom. The van der Waals surface area contributed by atoms with Gasteiger partial charge in [0.25, 0.3) is 11.8 Å². The standard InChI is InChI=1S/C24H22F3N5O2S2/c1-13-19(32-10-11-35-23(32)29-13)21(33)28-12-17-4-3-9-31(17)22(34)20-18(30-14(2)36-20)15-5-7-16(8-6-15)24(25,26)27/h5-8,10-11,17H,3-4,9,12H2,1-2H3,(H,28,33)/t17-/m0/s1. The van der Waals surface area contributed by atoms with Crippen LogP contribution in [0.5, 0.6) is 0 Å². The first-order chi connectivity index (χ1) is 17.1. The van der Waals surface area contributed by atoms with Crippen molar-refractivity contribution >= 4 is 39.4 Å². The molecular formula is C24H22F3N5O2S2. The van der Waals surface area contributed by atoms with E-state index in [1.165, 1.54) is 34.8 Å². The molecule has 188 valence electrons. The van der Waals surface area contributed by atoms with Gasteiger partial charge in [-0.1, -0.05) is 12.1 Å². The normalized spacial score (nSPS) is 16.1. The predicted octanol–water partition coefficient (Wildman–Crippen LogP) is 5.19. The van der Waals surface area contributed by atoms with E-state index in [4.69, 9.17) is 0 Å². The van der Waals surface area contributed by atoms with Crippen LogP contribution in [0.1, 0.15) is 49.3 Å².